The number of nitrogens with one attached hydrogen (secondary N) is 1. The van der Waals surface area contributed by atoms with E-state index < -0.39 is 9.84 Å². The molecule has 3 N–H and O–H groups in total. The fraction of sp³-hybridized carbons (Fsp3) is 0.909. The van der Waals surface area contributed by atoms with Crippen molar-refractivity contribution < 1.29 is 13.2 Å². The lowest BCUT2D eigenvalue weighted by Crippen LogP contribution is -2.35. The number of carbonyl (C=O) groups excluding carboxylic acids is 1. The van der Waals surface area contributed by atoms with Crippen LogP contribution in [0.1, 0.15) is 33.6 Å². The molecule has 0 aromatic rings. The van der Waals surface area contributed by atoms with E-state index in [2.05, 4.69) is 26.1 Å². The summed E-state index contributed by atoms with van der Waals surface area (Å²) in [5, 5.41) is 2.56. The normalized spacial score (nSPS) is 14.4. The number of sulfone groups is 1. The second-order valence-corrected chi connectivity index (χ2v) is 7.97. The van der Waals surface area contributed by atoms with Crippen molar-refractivity contribution in [3.05, 3.63) is 0 Å². The van der Waals surface area contributed by atoms with Crippen molar-refractivity contribution in [2.75, 3.05) is 18.6 Å². The summed E-state index contributed by atoms with van der Waals surface area (Å²) in [6, 6.07) is -0.187. The maximum Gasteiger partial charge on any atom is 0.221 e. The van der Waals surface area contributed by atoms with E-state index in [0.717, 1.165) is 12.7 Å². The summed E-state index contributed by atoms with van der Waals surface area (Å²) in [5.41, 5.74) is 5.93. The van der Waals surface area contributed by atoms with Gasteiger partial charge in [0, 0.05) is 25.3 Å². The summed E-state index contributed by atoms with van der Waals surface area (Å²) in [6.07, 6.45) is 2.14. The zero-order valence-electron chi connectivity index (χ0n) is 11.1. The van der Waals surface area contributed by atoms with E-state index in [1.54, 1.807) is 0 Å². The molecule has 0 saturated carbocycles. The minimum Gasteiger partial charge on any atom is -0.355 e. The van der Waals surface area contributed by atoms with E-state index in [1.165, 1.54) is 0 Å². The van der Waals surface area contributed by atoms with Crippen molar-refractivity contribution in [2.24, 2.45) is 11.1 Å². The Labute approximate surface area is 104 Å². The first-order valence-corrected chi connectivity index (χ1v) is 7.76. The van der Waals surface area contributed by atoms with Crippen LogP contribution in [0.2, 0.25) is 0 Å². The summed E-state index contributed by atoms with van der Waals surface area (Å²) < 4.78 is 21.7. The number of nitrogens with two attached hydrogens (primary N) is 1. The summed E-state index contributed by atoms with van der Waals surface area (Å²) in [6.45, 7) is 6.34. The molecule has 102 valence electrons. The van der Waals surface area contributed by atoms with E-state index in [4.69, 9.17) is 5.73 Å². The Hall–Kier alpha value is -0.620. The Morgan fingerprint density at radius 1 is 1.35 bits per heavy atom. The molecular formula is C11H24N2O3S. The third-order valence-corrected chi connectivity index (χ3v) is 3.06. The van der Waals surface area contributed by atoms with Gasteiger partial charge in [0.2, 0.25) is 5.91 Å². The van der Waals surface area contributed by atoms with Gasteiger partial charge in [0.15, 0.2) is 0 Å². The Kier molecular flexibility index (Phi) is 6.12. The third kappa shape index (κ3) is 11.6. The highest BCUT2D eigenvalue weighted by atomic mass is 32.2. The van der Waals surface area contributed by atoms with E-state index in [9.17, 15) is 13.2 Å². The molecule has 0 aromatic carbocycles. The van der Waals surface area contributed by atoms with Crippen LogP contribution in [0.25, 0.3) is 0 Å². The summed E-state index contributed by atoms with van der Waals surface area (Å²) in [4.78, 5) is 11.4. The van der Waals surface area contributed by atoms with E-state index in [-0.39, 0.29) is 36.1 Å². The monoisotopic (exact) mass is 264 g/mol. The van der Waals surface area contributed by atoms with Crippen LogP contribution in [0.5, 0.6) is 0 Å². The second-order valence-electron chi connectivity index (χ2n) is 5.71. The summed E-state index contributed by atoms with van der Waals surface area (Å²) in [5.74, 6) is -0.224. The van der Waals surface area contributed by atoms with Crippen molar-refractivity contribution >= 4 is 15.7 Å². The molecule has 0 bridgehead atoms. The average molecular weight is 264 g/mol. The first-order valence-electron chi connectivity index (χ1n) is 5.69. The van der Waals surface area contributed by atoms with Crippen LogP contribution >= 0.6 is 0 Å². The van der Waals surface area contributed by atoms with Gasteiger partial charge < -0.3 is 11.1 Å². The van der Waals surface area contributed by atoms with Crippen LogP contribution < -0.4 is 11.1 Å². The largest absolute Gasteiger partial charge is 0.355 e. The molecule has 17 heavy (non-hydrogen) atoms. The Morgan fingerprint density at radius 3 is 2.29 bits per heavy atom. The van der Waals surface area contributed by atoms with Crippen LogP contribution in [0.4, 0.5) is 0 Å². The average Bonchev–Trinajstić information content (AvgIpc) is 1.96. The van der Waals surface area contributed by atoms with E-state index >= 15 is 0 Å². The molecule has 0 rings (SSSR count). The van der Waals surface area contributed by atoms with Crippen molar-refractivity contribution in [3.63, 3.8) is 0 Å². The lowest BCUT2D eigenvalue weighted by Gasteiger charge is -2.22. The maximum atomic E-state index is 11.4. The van der Waals surface area contributed by atoms with Gasteiger partial charge in [-0.1, -0.05) is 20.8 Å². The zero-order chi connectivity index (χ0) is 13.7. The Bertz CT molecular complexity index is 344. The zero-order valence-corrected chi connectivity index (χ0v) is 11.9. The molecule has 0 saturated heterocycles. The van der Waals surface area contributed by atoms with Gasteiger partial charge >= 0.3 is 0 Å². The van der Waals surface area contributed by atoms with Gasteiger partial charge in [-0.25, -0.2) is 8.42 Å². The molecule has 1 atom stereocenters. The number of amides is 1. The Morgan fingerprint density at radius 2 is 1.88 bits per heavy atom. The standard InChI is InChI=1S/C11H24N2O3S/c1-11(2,3)8-9(12)7-10(14)13-5-6-17(4,15)16/h9H,5-8,12H2,1-4H3,(H,13,14). The fourth-order valence-corrected chi connectivity index (χ4v) is 2.02. The van der Waals surface area contributed by atoms with Crippen LogP contribution in [-0.2, 0) is 14.6 Å². The lowest BCUT2D eigenvalue weighted by atomic mass is 9.87. The predicted molar refractivity (Wildman–Crippen MR) is 69.4 cm³/mol. The SMILES string of the molecule is CC(C)(C)CC(N)CC(=O)NCCS(C)(=O)=O. The van der Waals surface area contributed by atoms with Gasteiger partial charge in [-0.05, 0) is 11.8 Å². The van der Waals surface area contributed by atoms with Crippen LogP contribution in [-0.4, -0.2) is 38.9 Å². The minimum absolute atomic E-state index is 0.0345. The summed E-state index contributed by atoms with van der Waals surface area (Å²) in [7, 11) is -3.02. The van der Waals surface area contributed by atoms with Crippen LogP contribution in [0, 0.1) is 5.41 Å². The maximum absolute atomic E-state index is 11.4. The third-order valence-electron chi connectivity index (χ3n) is 2.12. The minimum atomic E-state index is -3.02. The van der Waals surface area contributed by atoms with Crippen molar-refractivity contribution in [1.29, 1.82) is 0 Å². The molecule has 0 fully saturated rings. The highest BCUT2D eigenvalue weighted by Crippen LogP contribution is 2.20. The second kappa shape index (κ2) is 6.35. The molecule has 0 aliphatic carbocycles. The van der Waals surface area contributed by atoms with Gasteiger partial charge in [-0.3, -0.25) is 4.79 Å². The summed E-state index contributed by atoms with van der Waals surface area (Å²) >= 11 is 0. The van der Waals surface area contributed by atoms with Gasteiger partial charge in [0.1, 0.15) is 9.84 Å². The first-order chi connectivity index (χ1) is 7.49. The lowest BCUT2D eigenvalue weighted by molar-refractivity contribution is -0.121. The van der Waals surface area contributed by atoms with E-state index in [0.29, 0.717) is 0 Å². The highest BCUT2D eigenvalue weighted by molar-refractivity contribution is 7.90. The van der Waals surface area contributed by atoms with E-state index in [1.807, 2.05) is 0 Å². The van der Waals surface area contributed by atoms with Gasteiger partial charge in [-0.15, -0.1) is 0 Å². The topological polar surface area (TPSA) is 89.3 Å². The van der Waals surface area contributed by atoms with Gasteiger partial charge in [-0.2, -0.15) is 0 Å². The first kappa shape index (κ1) is 16.4. The van der Waals surface area contributed by atoms with Crippen molar-refractivity contribution in [1.82, 2.24) is 5.32 Å². The molecular weight excluding hydrogens is 240 g/mol. The van der Waals surface area contributed by atoms with Crippen LogP contribution in [0.3, 0.4) is 0 Å². The highest BCUT2D eigenvalue weighted by Gasteiger charge is 2.18. The molecule has 6 heteroatoms. The quantitative estimate of drug-likeness (QED) is 0.722. The molecule has 1 unspecified atom stereocenters. The molecule has 0 aromatic heterocycles. The van der Waals surface area contributed by atoms with Gasteiger partial charge in [0.25, 0.3) is 0 Å². The molecule has 0 radical (unpaired) electrons. The molecule has 0 spiro atoms. The smallest absolute Gasteiger partial charge is 0.221 e. The number of rotatable bonds is 6. The molecule has 0 aliphatic rings. The molecule has 1 amide bonds. The molecule has 0 aliphatic heterocycles. The van der Waals surface area contributed by atoms with Gasteiger partial charge in [0.05, 0.1) is 5.75 Å². The van der Waals surface area contributed by atoms with Crippen molar-refractivity contribution in [2.45, 2.75) is 39.7 Å². The molecule has 5 nitrogen and oxygen atoms in total. The Balaban J connectivity index is 3.87. The predicted octanol–water partition coefficient (Wildman–Crippen LogP) is 0.301. The number of hydrogen-bond donors (Lipinski definition) is 2. The number of carbonyl (C=O) groups is 1. The van der Waals surface area contributed by atoms with Crippen molar-refractivity contribution in [3.8, 4) is 0 Å². The fourth-order valence-electron chi connectivity index (χ4n) is 1.54. The number of hydrogen-bond acceptors (Lipinski definition) is 4. The molecule has 0 heterocycles. The van der Waals surface area contributed by atoms with Crippen LogP contribution in [0.15, 0.2) is 0 Å².